The maximum absolute atomic E-state index is 11.9. The Balaban J connectivity index is 2.24. The van der Waals surface area contributed by atoms with Crippen molar-refractivity contribution in [1.82, 2.24) is 15.1 Å². The lowest BCUT2D eigenvalue weighted by Crippen LogP contribution is -2.50. The number of piperazine rings is 1. The number of hydrogen-bond acceptors (Lipinski definition) is 5. The van der Waals surface area contributed by atoms with E-state index < -0.39 is 5.60 Å². The summed E-state index contributed by atoms with van der Waals surface area (Å²) in [6.45, 7) is 10.2. The molecule has 6 heteroatoms. The summed E-state index contributed by atoms with van der Waals surface area (Å²) in [7, 11) is 1.84. The molecule has 20 heavy (non-hydrogen) atoms. The first-order valence-electron chi connectivity index (χ1n) is 7.35. The van der Waals surface area contributed by atoms with Gasteiger partial charge in [0.25, 0.3) is 0 Å². The summed E-state index contributed by atoms with van der Waals surface area (Å²) in [5, 5.41) is 12.6. The molecule has 0 aromatic carbocycles. The molecule has 1 amide bonds. The van der Waals surface area contributed by atoms with Crippen molar-refractivity contribution >= 4 is 6.09 Å². The number of aliphatic hydroxyl groups is 1. The summed E-state index contributed by atoms with van der Waals surface area (Å²) in [6.07, 6.45) is 0.226. The fourth-order valence-corrected chi connectivity index (χ4v) is 2.15. The third-order valence-corrected chi connectivity index (χ3v) is 3.24. The highest BCUT2D eigenvalue weighted by molar-refractivity contribution is 5.68. The van der Waals surface area contributed by atoms with E-state index in [0.717, 1.165) is 26.1 Å². The van der Waals surface area contributed by atoms with E-state index >= 15 is 0 Å². The van der Waals surface area contributed by atoms with Crippen molar-refractivity contribution in [1.29, 1.82) is 0 Å². The molecule has 1 aliphatic heterocycles. The van der Waals surface area contributed by atoms with Gasteiger partial charge in [0.15, 0.2) is 0 Å². The smallest absolute Gasteiger partial charge is 0.410 e. The maximum Gasteiger partial charge on any atom is 0.410 e. The number of carbonyl (C=O) groups is 1. The van der Waals surface area contributed by atoms with Crippen LogP contribution in [0.3, 0.4) is 0 Å². The number of likely N-dealkylation sites (N-methyl/N-ethyl adjacent to an activating group) is 1. The minimum atomic E-state index is -0.439. The van der Waals surface area contributed by atoms with Gasteiger partial charge >= 0.3 is 6.09 Å². The molecule has 118 valence electrons. The fraction of sp³-hybridized carbons (Fsp3) is 0.929. The van der Waals surface area contributed by atoms with E-state index in [1.807, 2.05) is 27.8 Å². The highest BCUT2D eigenvalue weighted by Gasteiger charge is 2.25. The molecule has 1 saturated heterocycles. The molecule has 1 rings (SSSR count). The van der Waals surface area contributed by atoms with Crippen LogP contribution in [0.1, 0.15) is 27.2 Å². The van der Waals surface area contributed by atoms with Gasteiger partial charge in [-0.2, -0.15) is 0 Å². The second kappa shape index (κ2) is 7.81. The fourth-order valence-electron chi connectivity index (χ4n) is 2.15. The molecule has 0 aliphatic carbocycles. The van der Waals surface area contributed by atoms with Crippen LogP contribution in [0.5, 0.6) is 0 Å². The lowest BCUT2D eigenvalue weighted by Gasteiger charge is -2.35. The predicted molar refractivity (Wildman–Crippen MR) is 78.8 cm³/mol. The minimum absolute atomic E-state index is 0.229. The van der Waals surface area contributed by atoms with Crippen molar-refractivity contribution in [3.05, 3.63) is 0 Å². The average Bonchev–Trinajstić information content (AvgIpc) is 2.35. The lowest BCUT2D eigenvalue weighted by atomic mass is 10.2. The highest BCUT2D eigenvalue weighted by atomic mass is 16.6. The molecule has 0 aromatic rings. The maximum atomic E-state index is 11.9. The zero-order valence-corrected chi connectivity index (χ0v) is 13.2. The van der Waals surface area contributed by atoms with Crippen molar-refractivity contribution < 1.29 is 14.6 Å². The quantitative estimate of drug-likeness (QED) is 0.771. The number of amides is 1. The Morgan fingerprint density at radius 3 is 2.40 bits per heavy atom. The SMILES string of the molecule is CNCC(O)CCN1CCN(C(=O)OC(C)(C)C)CC1. The lowest BCUT2D eigenvalue weighted by molar-refractivity contribution is 0.0133. The molecule has 6 nitrogen and oxygen atoms in total. The molecule has 2 N–H and O–H groups in total. The van der Waals surface area contributed by atoms with Crippen molar-refractivity contribution in [3.63, 3.8) is 0 Å². The van der Waals surface area contributed by atoms with Gasteiger partial charge in [-0.05, 0) is 34.2 Å². The number of carbonyl (C=O) groups excluding carboxylic acids is 1. The van der Waals surface area contributed by atoms with Gasteiger partial charge in [0.2, 0.25) is 0 Å². The molecule has 1 atom stereocenters. The molecule has 0 spiro atoms. The zero-order valence-electron chi connectivity index (χ0n) is 13.2. The van der Waals surface area contributed by atoms with Gasteiger partial charge in [-0.3, -0.25) is 4.90 Å². The second-order valence-electron chi connectivity index (χ2n) is 6.31. The van der Waals surface area contributed by atoms with E-state index in [0.29, 0.717) is 19.6 Å². The molecule has 1 heterocycles. The predicted octanol–water partition coefficient (Wildman–Crippen LogP) is 0.509. The van der Waals surface area contributed by atoms with Crippen LogP contribution in [0.4, 0.5) is 4.79 Å². The number of nitrogens with zero attached hydrogens (tertiary/aromatic N) is 2. The summed E-state index contributed by atoms with van der Waals surface area (Å²) in [4.78, 5) is 15.9. The summed E-state index contributed by atoms with van der Waals surface area (Å²) in [5.74, 6) is 0. The summed E-state index contributed by atoms with van der Waals surface area (Å²) < 4.78 is 5.36. The van der Waals surface area contributed by atoms with Crippen LogP contribution in [0.15, 0.2) is 0 Å². The van der Waals surface area contributed by atoms with E-state index in [1.54, 1.807) is 4.90 Å². The van der Waals surface area contributed by atoms with E-state index in [2.05, 4.69) is 10.2 Å². The Kier molecular flexibility index (Phi) is 6.71. The van der Waals surface area contributed by atoms with E-state index in [9.17, 15) is 9.90 Å². The molecule has 0 bridgehead atoms. The first kappa shape index (κ1) is 17.2. The summed E-state index contributed by atoms with van der Waals surface area (Å²) in [6, 6.07) is 0. The Hall–Kier alpha value is -0.850. The standard InChI is InChI=1S/C14H29N3O3/c1-14(2,3)20-13(19)17-9-7-16(8-10-17)6-5-12(18)11-15-4/h12,15,18H,5-11H2,1-4H3. The van der Waals surface area contributed by atoms with Crippen molar-refractivity contribution in [3.8, 4) is 0 Å². The largest absolute Gasteiger partial charge is 0.444 e. The van der Waals surface area contributed by atoms with Crippen molar-refractivity contribution in [2.24, 2.45) is 0 Å². The van der Waals surface area contributed by atoms with Crippen LogP contribution >= 0.6 is 0 Å². The monoisotopic (exact) mass is 287 g/mol. The molecule has 1 unspecified atom stereocenters. The first-order valence-corrected chi connectivity index (χ1v) is 7.35. The number of rotatable bonds is 5. The number of ether oxygens (including phenoxy) is 1. The first-order chi connectivity index (χ1) is 9.31. The van der Waals surface area contributed by atoms with Crippen LogP contribution in [0.25, 0.3) is 0 Å². The second-order valence-corrected chi connectivity index (χ2v) is 6.31. The third-order valence-electron chi connectivity index (χ3n) is 3.24. The van der Waals surface area contributed by atoms with Crippen LogP contribution in [0, 0.1) is 0 Å². The molecule has 0 aromatic heterocycles. The van der Waals surface area contributed by atoms with Crippen LogP contribution in [-0.2, 0) is 4.74 Å². The molecular formula is C14H29N3O3. The van der Waals surface area contributed by atoms with E-state index in [-0.39, 0.29) is 12.2 Å². The number of hydrogen-bond donors (Lipinski definition) is 2. The molecule has 1 fully saturated rings. The van der Waals surface area contributed by atoms with Crippen LogP contribution in [-0.4, -0.2) is 79.0 Å². The Labute approximate surface area is 122 Å². The van der Waals surface area contributed by atoms with Gasteiger partial charge in [-0.1, -0.05) is 0 Å². The van der Waals surface area contributed by atoms with Crippen molar-refractivity contribution in [2.45, 2.75) is 38.9 Å². The Morgan fingerprint density at radius 2 is 1.90 bits per heavy atom. The van der Waals surface area contributed by atoms with E-state index in [4.69, 9.17) is 4.74 Å². The van der Waals surface area contributed by atoms with Gasteiger partial charge in [0.05, 0.1) is 6.10 Å². The van der Waals surface area contributed by atoms with Gasteiger partial charge in [-0.15, -0.1) is 0 Å². The van der Waals surface area contributed by atoms with Gasteiger partial charge in [0, 0.05) is 39.3 Å². The Bertz CT molecular complexity index is 297. The molecule has 0 radical (unpaired) electrons. The molecular weight excluding hydrogens is 258 g/mol. The van der Waals surface area contributed by atoms with Crippen molar-refractivity contribution in [2.75, 3.05) is 46.3 Å². The van der Waals surface area contributed by atoms with Crippen LogP contribution < -0.4 is 5.32 Å². The number of nitrogens with one attached hydrogen (secondary N) is 1. The third kappa shape index (κ3) is 6.54. The molecule has 0 saturated carbocycles. The normalized spacial score (nSPS) is 18.9. The number of aliphatic hydroxyl groups excluding tert-OH is 1. The zero-order chi connectivity index (χ0) is 15.2. The molecule has 1 aliphatic rings. The summed E-state index contributed by atoms with van der Waals surface area (Å²) >= 11 is 0. The topological polar surface area (TPSA) is 65.0 Å². The summed E-state index contributed by atoms with van der Waals surface area (Å²) in [5.41, 5.74) is -0.439. The van der Waals surface area contributed by atoms with Crippen LogP contribution in [0.2, 0.25) is 0 Å². The average molecular weight is 287 g/mol. The van der Waals surface area contributed by atoms with E-state index in [1.165, 1.54) is 0 Å². The van der Waals surface area contributed by atoms with Gasteiger partial charge in [-0.25, -0.2) is 4.79 Å². The van der Waals surface area contributed by atoms with Gasteiger partial charge in [0.1, 0.15) is 5.60 Å². The Morgan fingerprint density at radius 1 is 1.30 bits per heavy atom. The minimum Gasteiger partial charge on any atom is -0.444 e. The highest BCUT2D eigenvalue weighted by Crippen LogP contribution is 2.12. The van der Waals surface area contributed by atoms with Gasteiger partial charge < -0.3 is 20.1 Å².